The molecule has 2 fully saturated rings. The summed E-state index contributed by atoms with van der Waals surface area (Å²) in [6, 6.07) is 0. The molecule has 2 aliphatic rings. The molecule has 2 rings (SSSR count). The standard InChI is InChI=1S/C16H29F3N4O2S.HI/c1-20-14(21-8-9-22(2)13-16(17,18)19)23-10-11-26(24,25)15(12-23)6-4-3-5-7-15;/h3-13H2,1-2H3,(H,20,21);1H. The van der Waals surface area contributed by atoms with Crippen molar-refractivity contribution in [1.82, 2.24) is 15.1 Å². The molecular formula is C16H30F3IN4O2S. The molecule has 0 bridgehead atoms. The maximum Gasteiger partial charge on any atom is 0.401 e. The van der Waals surface area contributed by atoms with Gasteiger partial charge in [0.05, 0.1) is 17.0 Å². The molecule has 1 saturated carbocycles. The van der Waals surface area contributed by atoms with Crippen LogP contribution in [0, 0.1) is 0 Å². The average Bonchev–Trinajstić information content (AvgIpc) is 2.54. The summed E-state index contributed by atoms with van der Waals surface area (Å²) in [6.45, 7) is 0.346. The predicted octanol–water partition coefficient (Wildman–Crippen LogP) is 2.11. The lowest BCUT2D eigenvalue weighted by molar-refractivity contribution is -0.142. The van der Waals surface area contributed by atoms with Crippen molar-refractivity contribution in [1.29, 1.82) is 0 Å². The Balaban J connectivity index is 0.00000364. The second-order valence-electron chi connectivity index (χ2n) is 7.31. The van der Waals surface area contributed by atoms with E-state index in [1.165, 1.54) is 11.9 Å². The maximum atomic E-state index is 12.7. The van der Waals surface area contributed by atoms with E-state index in [1.807, 2.05) is 4.90 Å². The molecule has 0 radical (unpaired) electrons. The quantitative estimate of drug-likeness (QED) is 0.346. The van der Waals surface area contributed by atoms with Crippen LogP contribution >= 0.6 is 24.0 Å². The van der Waals surface area contributed by atoms with Crippen molar-refractivity contribution in [2.45, 2.75) is 43.0 Å². The maximum absolute atomic E-state index is 12.7. The van der Waals surface area contributed by atoms with Crippen LogP contribution in [0.3, 0.4) is 0 Å². The number of halogens is 4. The van der Waals surface area contributed by atoms with E-state index in [0.717, 1.165) is 19.3 Å². The fourth-order valence-corrected chi connectivity index (χ4v) is 6.05. The second kappa shape index (κ2) is 9.95. The number of nitrogens with one attached hydrogen (secondary N) is 1. The Labute approximate surface area is 176 Å². The SMILES string of the molecule is CN=C(NCCN(C)CC(F)(F)F)N1CCS(=O)(=O)C2(CCCCC2)C1.I. The molecule has 0 aromatic carbocycles. The number of hydrogen-bond donors (Lipinski definition) is 1. The highest BCUT2D eigenvalue weighted by molar-refractivity contribution is 14.0. The second-order valence-corrected chi connectivity index (χ2v) is 9.81. The van der Waals surface area contributed by atoms with Crippen LogP contribution in [0.5, 0.6) is 0 Å². The van der Waals surface area contributed by atoms with Crippen molar-refractivity contribution in [2.24, 2.45) is 4.99 Å². The van der Waals surface area contributed by atoms with E-state index in [4.69, 9.17) is 0 Å². The van der Waals surface area contributed by atoms with Gasteiger partial charge >= 0.3 is 6.18 Å². The summed E-state index contributed by atoms with van der Waals surface area (Å²) in [5.74, 6) is 0.659. The van der Waals surface area contributed by atoms with Crippen LogP contribution in [0.1, 0.15) is 32.1 Å². The number of likely N-dealkylation sites (N-methyl/N-ethyl adjacent to an activating group) is 1. The van der Waals surface area contributed by atoms with Crippen LogP contribution in [-0.2, 0) is 9.84 Å². The zero-order valence-corrected chi connectivity index (χ0v) is 19.0. The predicted molar refractivity (Wildman–Crippen MR) is 112 cm³/mol. The van der Waals surface area contributed by atoms with Crippen molar-refractivity contribution in [2.75, 3.05) is 52.6 Å². The molecule has 1 heterocycles. The van der Waals surface area contributed by atoms with Crippen LogP contribution in [0.25, 0.3) is 0 Å². The van der Waals surface area contributed by atoms with Crippen LogP contribution in [0.15, 0.2) is 4.99 Å². The van der Waals surface area contributed by atoms with Crippen molar-refractivity contribution in [3.8, 4) is 0 Å². The summed E-state index contributed by atoms with van der Waals surface area (Å²) in [4.78, 5) is 7.34. The first kappa shape index (κ1) is 24.7. The molecule has 0 aromatic heterocycles. The van der Waals surface area contributed by atoms with Gasteiger partial charge in [0.2, 0.25) is 0 Å². The van der Waals surface area contributed by atoms with Gasteiger partial charge in [0.1, 0.15) is 0 Å². The third-order valence-electron chi connectivity index (χ3n) is 5.27. The lowest BCUT2D eigenvalue weighted by Gasteiger charge is -2.45. The number of nitrogens with zero attached hydrogens (tertiary/aromatic N) is 3. The molecule has 160 valence electrons. The van der Waals surface area contributed by atoms with E-state index in [2.05, 4.69) is 10.3 Å². The molecule has 0 atom stereocenters. The number of alkyl halides is 3. The summed E-state index contributed by atoms with van der Waals surface area (Å²) in [7, 11) is -0.104. The molecule has 0 amide bonds. The minimum absolute atomic E-state index is 0. The molecule has 11 heteroatoms. The number of aliphatic imine (C=N–C) groups is 1. The van der Waals surface area contributed by atoms with Crippen LogP contribution in [0.2, 0.25) is 0 Å². The number of rotatable bonds is 4. The molecule has 6 nitrogen and oxygen atoms in total. The third kappa shape index (κ3) is 6.62. The molecule has 0 aromatic rings. The lowest BCUT2D eigenvalue weighted by Crippen LogP contribution is -2.60. The first-order valence-electron chi connectivity index (χ1n) is 9.02. The van der Waals surface area contributed by atoms with Gasteiger partial charge < -0.3 is 10.2 Å². The summed E-state index contributed by atoms with van der Waals surface area (Å²) in [5.41, 5.74) is 0. The van der Waals surface area contributed by atoms with Gasteiger partial charge in [-0.3, -0.25) is 9.89 Å². The van der Waals surface area contributed by atoms with Crippen molar-refractivity contribution in [3.05, 3.63) is 0 Å². The lowest BCUT2D eigenvalue weighted by atomic mass is 9.87. The van der Waals surface area contributed by atoms with Gasteiger partial charge in [0.15, 0.2) is 15.8 Å². The Kier molecular flexibility index (Phi) is 9.11. The van der Waals surface area contributed by atoms with E-state index < -0.39 is 27.3 Å². The summed E-state index contributed by atoms with van der Waals surface area (Å²) >= 11 is 0. The topological polar surface area (TPSA) is 65.0 Å². The average molecular weight is 526 g/mol. The van der Waals surface area contributed by atoms with Crippen LogP contribution < -0.4 is 5.32 Å². The van der Waals surface area contributed by atoms with Gasteiger partial charge in [0, 0.05) is 33.2 Å². The summed E-state index contributed by atoms with van der Waals surface area (Å²) in [6.07, 6.45) is 0.0395. The van der Waals surface area contributed by atoms with Crippen molar-refractivity contribution >= 4 is 39.8 Å². The number of sulfone groups is 1. The molecule has 1 aliphatic carbocycles. The first-order chi connectivity index (χ1) is 12.1. The molecule has 27 heavy (non-hydrogen) atoms. The monoisotopic (exact) mass is 526 g/mol. The van der Waals surface area contributed by atoms with E-state index >= 15 is 0 Å². The van der Waals surface area contributed by atoms with E-state index in [0.29, 0.717) is 38.4 Å². The highest BCUT2D eigenvalue weighted by Gasteiger charge is 2.48. The first-order valence-corrected chi connectivity index (χ1v) is 10.7. The Hall–Kier alpha value is -0.300. The largest absolute Gasteiger partial charge is 0.401 e. The third-order valence-corrected chi connectivity index (χ3v) is 7.85. The smallest absolute Gasteiger partial charge is 0.355 e. The van der Waals surface area contributed by atoms with Gasteiger partial charge in [0.25, 0.3) is 0 Å². The molecular weight excluding hydrogens is 496 g/mol. The zero-order valence-electron chi connectivity index (χ0n) is 15.9. The van der Waals surface area contributed by atoms with E-state index in [-0.39, 0.29) is 36.3 Å². The van der Waals surface area contributed by atoms with Crippen molar-refractivity contribution in [3.63, 3.8) is 0 Å². The Morgan fingerprint density at radius 2 is 1.89 bits per heavy atom. The van der Waals surface area contributed by atoms with E-state index in [1.54, 1.807) is 7.05 Å². The minimum atomic E-state index is -4.22. The zero-order chi connectivity index (χ0) is 19.4. The van der Waals surface area contributed by atoms with E-state index in [9.17, 15) is 21.6 Å². The van der Waals surface area contributed by atoms with Crippen LogP contribution in [0.4, 0.5) is 13.2 Å². The van der Waals surface area contributed by atoms with Crippen molar-refractivity contribution < 1.29 is 21.6 Å². The van der Waals surface area contributed by atoms with Gasteiger partial charge in [-0.05, 0) is 19.9 Å². The number of hydrogen-bond acceptors (Lipinski definition) is 4. The highest BCUT2D eigenvalue weighted by atomic mass is 127. The Morgan fingerprint density at radius 1 is 1.26 bits per heavy atom. The van der Waals surface area contributed by atoms with Gasteiger partial charge in [-0.15, -0.1) is 24.0 Å². The highest BCUT2D eigenvalue weighted by Crippen LogP contribution is 2.38. The molecule has 1 saturated heterocycles. The fraction of sp³-hybridized carbons (Fsp3) is 0.938. The summed E-state index contributed by atoms with van der Waals surface area (Å²) < 4.78 is 61.7. The van der Waals surface area contributed by atoms with Gasteiger partial charge in [-0.2, -0.15) is 13.2 Å². The molecule has 0 unspecified atom stereocenters. The molecule has 1 spiro atoms. The normalized spacial score (nSPS) is 22.6. The Bertz CT molecular complexity index is 607. The Morgan fingerprint density at radius 3 is 2.44 bits per heavy atom. The summed E-state index contributed by atoms with van der Waals surface area (Å²) in [5, 5.41) is 3.08. The van der Waals surface area contributed by atoms with Gasteiger partial charge in [-0.25, -0.2) is 8.42 Å². The van der Waals surface area contributed by atoms with Crippen LogP contribution in [-0.4, -0.2) is 87.7 Å². The fourth-order valence-electron chi connectivity index (χ4n) is 3.89. The molecule has 1 aliphatic heterocycles. The molecule has 1 N–H and O–H groups in total. The number of guanidine groups is 1. The minimum Gasteiger partial charge on any atom is -0.355 e. The van der Waals surface area contributed by atoms with Gasteiger partial charge in [-0.1, -0.05) is 19.3 Å².